The molecule has 94 valence electrons. The SMILES string of the molecule is COCc1cccc(OC2CC(Br)C2OC)c1. The molecule has 0 amide bonds. The summed E-state index contributed by atoms with van der Waals surface area (Å²) in [4.78, 5) is 0.402. The second-order valence-corrected chi connectivity index (χ2v) is 5.36. The third kappa shape index (κ3) is 3.00. The third-order valence-corrected chi connectivity index (χ3v) is 3.84. The van der Waals surface area contributed by atoms with Gasteiger partial charge in [-0.1, -0.05) is 28.1 Å². The van der Waals surface area contributed by atoms with Crippen LogP contribution in [0.2, 0.25) is 0 Å². The van der Waals surface area contributed by atoms with E-state index in [0.717, 1.165) is 17.7 Å². The standard InChI is InChI=1S/C13H17BrO3/c1-15-8-9-4-3-5-10(6-9)17-12-7-11(14)13(12)16-2/h3-6,11-13H,7-8H2,1-2H3. The van der Waals surface area contributed by atoms with Gasteiger partial charge in [0.25, 0.3) is 0 Å². The Balaban J connectivity index is 1.97. The summed E-state index contributed by atoms with van der Waals surface area (Å²) in [7, 11) is 3.41. The molecular weight excluding hydrogens is 284 g/mol. The van der Waals surface area contributed by atoms with Crippen molar-refractivity contribution >= 4 is 15.9 Å². The zero-order valence-corrected chi connectivity index (χ0v) is 11.6. The largest absolute Gasteiger partial charge is 0.488 e. The first kappa shape index (κ1) is 12.9. The van der Waals surface area contributed by atoms with Gasteiger partial charge in [0.05, 0.1) is 6.61 Å². The molecule has 1 saturated carbocycles. The van der Waals surface area contributed by atoms with Crippen LogP contribution < -0.4 is 4.74 Å². The van der Waals surface area contributed by atoms with Crippen molar-refractivity contribution in [1.29, 1.82) is 0 Å². The number of methoxy groups -OCH3 is 2. The quantitative estimate of drug-likeness (QED) is 0.783. The number of halogens is 1. The lowest BCUT2D eigenvalue weighted by atomic mass is 9.91. The molecule has 4 heteroatoms. The number of hydrogen-bond acceptors (Lipinski definition) is 3. The number of alkyl halides is 1. The van der Waals surface area contributed by atoms with Crippen LogP contribution in [0.15, 0.2) is 24.3 Å². The van der Waals surface area contributed by atoms with Crippen LogP contribution in [0.1, 0.15) is 12.0 Å². The first-order valence-electron chi connectivity index (χ1n) is 5.66. The van der Waals surface area contributed by atoms with Gasteiger partial charge in [0.15, 0.2) is 0 Å². The summed E-state index contributed by atoms with van der Waals surface area (Å²) < 4.78 is 16.4. The normalized spacial score (nSPS) is 27.6. The number of ether oxygens (including phenoxy) is 3. The van der Waals surface area contributed by atoms with Crippen LogP contribution in [0.3, 0.4) is 0 Å². The minimum atomic E-state index is 0.140. The fraction of sp³-hybridized carbons (Fsp3) is 0.538. The second kappa shape index (κ2) is 5.85. The summed E-state index contributed by atoms with van der Waals surface area (Å²) in [5.74, 6) is 0.881. The summed E-state index contributed by atoms with van der Waals surface area (Å²) in [5, 5.41) is 0. The van der Waals surface area contributed by atoms with Gasteiger partial charge in [-0.2, -0.15) is 0 Å². The molecule has 1 aromatic carbocycles. The maximum atomic E-state index is 5.90. The van der Waals surface area contributed by atoms with E-state index in [9.17, 15) is 0 Å². The van der Waals surface area contributed by atoms with Gasteiger partial charge in [0.1, 0.15) is 18.0 Å². The summed E-state index contributed by atoms with van der Waals surface area (Å²) in [6.45, 7) is 0.608. The van der Waals surface area contributed by atoms with E-state index >= 15 is 0 Å². The lowest BCUT2D eigenvalue weighted by Gasteiger charge is -2.40. The molecule has 2 rings (SSSR count). The first-order chi connectivity index (χ1) is 8.24. The molecule has 0 aliphatic heterocycles. The van der Waals surface area contributed by atoms with Gasteiger partial charge in [0, 0.05) is 25.5 Å². The van der Waals surface area contributed by atoms with Gasteiger partial charge < -0.3 is 14.2 Å². The van der Waals surface area contributed by atoms with Crippen LogP contribution in [-0.4, -0.2) is 31.3 Å². The van der Waals surface area contributed by atoms with Crippen molar-refractivity contribution in [2.24, 2.45) is 0 Å². The van der Waals surface area contributed by atoms with E-state index < -0.39 is 0 Å². The summed E-state index contributed by atoms with van der Waals surface area (Å²) in [6.07, 6.45) is 1.26. The van der Waals surface area contributed by atoms with Gasteiger partial charge in [0.2, 0.25) is 0 Å². The Morgan fingerprint density at radius 3 is 2.82 bits per heavy atom. The fourth-order valence-electron chi connectivity index (χ4n) is 1.99. The zero-order valence-electron chi connectivity index (χ0n) is 10.1. The molecule has 1 aromatic rings. The zero-order chi connectivity index (χ0) is 12.3. The summed E-state index contributed by atoms with van der Waals surface area (Å²) >= 11 is 3.55. The van der Waals surface area contributed by atoms with Crippen molar-refractivity contribution in [2.75, 3.05) is 14.2 Å². The molecule has 0 aromatic heterocycles. The van der Waals surface area contributed by atoms with Crippen molar-refractivity contribution in [3.05, 3.63) is 29.8 Å². The average molecular weight is 301 g/mol. The molecule has 0 heterocycles. The highest BCUT2D eigenvalue weighted by molar-refractivity contribution is 9.09. The summed E-state index contributed by atoms with van der Waals surface area (Å²) in [6, 6.07) is 7.99. The highest BCUT2D eigenvalue weighted by atomic mass is 79.9. The van der Waals surface area contributed by atoms with Gasteiger partial charge in [-0.15, -0.1) is 0 Å². The molecule has 0 radical (unpaired) electrons. The van der Waals surface area contributed by atoms with Crippen molar-refractivity contribution in [3.63, 3.8) is 0 Å². The highest BCUT2D eigenvalue weighted by Crippen LogP contribution is 2.33. The molecule has 17 heavy (non-hydrogen) atoms. The Labute approximate surface area is 110 Å². The molecule has 3 nitrogen and oxygen atoms in total. The van der Waals surface area contributed by atoms with E-state index in [1.165, 1.54) is 0 Å². The molecule has 1 aliphatic carbocycles. The molecule has 0 spiro atoms. The second-order valence-electron chi connectivity index (χ2n) is 4.19. The minimum absolute atomic E-state index is 0.140. The van der Waals surface area contributed by atoms with E-state index in [-0.39, 0.29) is 12.2 Å². The lowest BCUT2D eigenvalue weighted by molar-refractivity contribution is -0.0545. The fourth-order valence-corrected chi connectivity index (χ4v) is 2.92. The van der Waals surface area contributed by atoms with Crippen molar-refractivity contribution in [1.82, 2.24) is 0 Å². The van der Waals surface area contributed by atoms with Crippen molar-refractivity contribution in [2.45, 2.75) is 30.1 Å². The molecule has 3 atom stereocenters. The number of benzene rings is 1. The van der Waals surface area contributed by atoms with E-state index in [4.69, 9.17) is 14.2 Å². The highest BCUT2D eigenvalue weighted by Gasteiger charge is 2.41. The topological polar surface area (TPSA) is 27.7 Å². The van der Waals surface area contributed by atoms with Crippen LogP contribution in [0, 0.1) is 0 Å². The Kier molecular flexibility index (Phi) is 4.42. The Hall–Kier alpha value is -0.580. The molecule has 0 N–H and O–H groups in total. The van der Waals surface area contributed by atoms with Gasteiger partial charge in [-0.3, -0.25) is 0 Å². The molecule has 1 aliphatic rings. The molecule has 0 saturated heterocycles. The average Bonchev–Trinajstić information content (AvgIpc) is 2.30. The predicted molar refractivity (Wildman–Crippen MR) is 69.7 cm³/mol. The number of rotatable bonds is 5. The lowest BCUT2D eigenvalue weighted by Crippen LogP contribution is -2.51. The van der Waals surface area contributed by atoms with E-state index in [2.05, 4.69) is 15.9 Å². The summed E-state index contributed by atoms with van der Waals surface area (Å²) in [5.41, 5.74) is 1.12. The first-order valence-corrected chi connectivity index (χ1v) is 6.57. The van der Waals surface area contributed by atoms with Crippen LogP contribution in [-0.2, 0) is 16.1 Å². The molecule has 0 bridgehead atoms. The molecular formula is C13H17BrO3. The number of hydrogen-bond donors (Lipinski definition) is 0. The van der Waals surface area contributed by atoms with Crippen molar-refractivity contribution < 1.29 is 14.2 Å². The van der Waals surface area contributed by atoms with E-state index in [1.807, 2.05) is 24.3 Å². The van der Waals surface area contributed by atoms with Crippen molar-refractivity contribution in [3.8, 4) is 5.75 Å². The van der Waals surface area contributed by atoms with Gasteiger partial charge >= 0.3 is 0 Å². The molecule has 3 unspecified atom stereocenters. The van der Waals surface area contributed by atoms with Crippen LogP contribution in [0.25, 0.3) is 0 Å². The third-order valence-electron chi connectivity index (χ3n) is 2.95. The van der Waals surface area contributed by atoms with Gasteiger partial charge in [-0.25, -0.2) is 0 Å². The van der Waals surface area contributed by atoms with Gasteiger partial charge in [-0.05, 0) is 17.7 Å². The Morgan fingerprint density at radius 1 is 1.35 bits per heavy atom. The van der Waals surface area contributed by atoms with E-state index in [1.54, 1.807) is 14.2 Å². The van der Waals surface area contributed by atoms with Crippen LogP contribution >= 0.6 is 15.9 Å². The maximum Gasteiger partial charge on any atom is 0.127 e. The van der Waals surface area contributed by atoms with Crippen LogP contribution in [0.4, 0.5) is 0 Å². The Morgan fingerprint density at radius 2 is 2.18 bits per heavy atom. The predicted octanol–water partition coefficient (Wildman–Crippen LogP) is 2.76. The molecule has 1 fully saturated rings. The maximum absolute atomic E-state index is 5.90. The smallest absolute Gasteiger partial charge is 0.127 e. The monoisotopic (exact) mass is 300 g/mol. The Bertz CT molecular complexity index is 369. The van der Waals surface area contributed by atoms with E-state index in [0.29, 0.717) is 11.4 Å². The van der Waals surface area contributed by atoms with Crippen LogP contribution in [0.5, 0.6) is 5.75 Å². The minimum Gasteiger partial charge on any atom is -0.488 e.